The fourth-order valence-electron chi connectivity index (χ4n) is 14.6. The van der Waals surface area contributed by atoms with Gasteiger partial charge in [0.2, 0.25) is 17.8 Å². The van der Waals surface area contributed by atoms with Gasteiger partial charge in [-0.05, 0) is 161 Å². The quantitative estimate of drug-likeness (QED) is 0.0836. The monoisotopic (exact) mass is 1490 g/mol. The summed E-state index contributed by atoms with van der Waals surface area (Å²) >= 11 is 4.48. The average molecular weight is 1490 g/mol. The normalized spacial score (nSPS) is 17.4. The second kappa shape index (κ2) is 31.4. The molecule has 556 valence electrons. The molecule has 0 bridgehead atoms. The molecule has 0 saturated carbocycles. The van der Waals surface area contributed by atoms with Crippen molar-refractivity contribution in [3.05, 3.63) is 123 Å². The number of nitrogens with zero attached hydrogens (tertiary/aromatic N) is 21. The van der Waals surface area contributed by atoms with Crippen molar-refractivity contribution in [3.63, 3.8) is 0 Å². The zero-order valence-electron chi connectivity index (χ0n) is 62.5. The molecular formula is C75H94N24O4S3. The van der Waals surface area contributed by atoms with E-state index in [9.17, 15) is 19.5 Å². The van der Waals surface area contributed by atoms with Gasteiger partial charge in [0.15, 0.2) is 34.5 Å². The number of piperidine rings is 2. The van der Waals surface area contributed by atoms with E-state index < -0.39 is 0 Å². The minimum Gasteiger partial charge on any atom is -0.393 e. The van der Waals surface area contributed by atoms with Crippen LogP contribution in [0.15, 0.2) is 85.3 Å². The highest BCUT2D eigenvalue weighted by molar-refractivity contribution is 7.17. The number of aliphatic hydroxyl groups excluding tert-OH is 1. The molecule has 0 atom stereocenters. The maximum Gasteiger partial charge on any atom is 0.280 e. The van der Waals surface area contributed by atoms with Crippen molar-refractivity contribution in [2.45, 2.75) is 86.3 Å². The van der Waals surface area contributed by atoms with Gasteiger partial charge in [-0.1, -0.05) is 0 Å². The Hall–Kier alpha value is -9.76. The van der Waals surface area contributed by atoms with Crippen LogP contribution in [0.25, 0.3) is 0 Å². The number of thiazole rings is 3. The second-order valence-corrected chi connectivity index (χ2v) is 31.3. The fraction of sp³-hybridized carbons (Fsp3) is 0.440. The molecule has 28 nitrogen and oxygen atoms in total. The number of likely N-dealkylation sites (N-methyl/N-ethyl adjacent to an activating group) is 2. The van der Waals surface area contributed by atoms with Gasteiger partial charge in [0.1, 0.15) is 32.1 Å². The summed E-state index contributed by atoms with van der Waals surface area (Å²) in [4.78, 5) is 106. The van der Waals surface area contributed by atoms with E-state index >= 15 is 0 Å². The number of carbonyl (C=O) groups is 3. The molecule has 0 spiro atoms. The molecule has 4 N–H and O–H groups in total. The summed E-state index contributed by atoms with van der Waals surface area (Å²) in [5.41, 5.74) is 11.0. The SMILES string of the molecule is CCN1C(=O)c2nc(C)sc2N(C)c2nc(Nc3ccc(N4CCC(N5CCN(C)CC5)CC4)cc3C)ncc21.CCN1C(=O)c2nc(C)sc2N(C)c2nc(Nc3ccc(N4CCC(O)CC4)cc3)ncc21.CCN1C(=O)c2nc(C)sc2N(C)c2nc(Nc3ccc(N4CCN(C)CC4)cc3)ncc21. The van der Waals surface area contributed by atoms with Gasteiger partial charge in [-0.2, -0.15) is 15.0 Å². The molecule has 7 aliphatic rings. The number of aromatic nitrogens is 9. The van der Waals surface area contributed by atoms with E-state index in [2.05, 4.69) is 151 Å². The molecule has 3 aromatic carbocycles. The van der Waals surface area contributed by atoms with E-state index in [0.717, 1.165) is 124 Å². The first-order chi connectivity index (χ1) is 51.2. The van der Waals surface area contributed by atoms with Crippen LogP contribution in [-0.2, 0) is 0 Å². The smallest absolute Gasteiger partial charge is 0.280 e. The number of benzene rings is 3. The molecule has 0 unspecified atom stereocenters. The van der Waals surface area contributed by atoms with Gasteiger partial charge in [-0.3, -0.25) is 19.3 Å². The van der Waals surface area contributed by atoms with E-state index in [1.807, 2.05) is 89.5 Å². The van der Waals surface area contributed by atoms with Crippen LogP contribution in [0.4, 0.5) is 101 Å². The second-order valence-electron chi connectivity index (χ2n) is 27.7. The highest BCUT2D eigenvalue weighted by atomic mass is 32.1. The maximum absolute atomic E-state index is 13.2. The van der Waals surface area contributed by atoms with E-state index in [-0.39, 0.29) is 23.8 Å². The molecule has 16 rings (SSSR count). The number of fused-ring (bicyclic) bond motifs is 6. The number of hydrogen-bond acceptors (Lipinski definition) is 28. The average Bonchev–Trinajstić information content (AvgIpc) is 1.63. The number of aryl methyl sites for hydroxylation is 4. The number of rotatable bonds is 13. The first kappa shape index (κ1) is 73.2. The Balaban J connectivity index is 0.000000135. The van der Waals surface area contributed by atoms with Gasteiger partial charge < -0.3 is 75.0 Å². The van der Waals surface area contributed by atoms with Crippen molar-refractivity contribution in [1.82, 2.24) is 59.6 Å². The molecule has 3 amide bonds. The van der Waals surface area contributed by atoms with Gasteiger partial charge in [0, 0.05) is 159 Å². The van der Waals surface area contributed by atoms with Gasteiger partial charge in [-0.25, -0.2) is 29.9 Å². The van der Waals surface area contributed by atoms with E-state index in [1.165, 1.54) is 84.4 Å². The van der Waals surface area contributed by atoms with Gasteiger partial charge in [-0.15, -0.1) is 34.0 Å². The molecular weight excluding hydrogens is 1400 g/mol. The number of aliphatic hydroxyl groups is 1. The number of anilines is 18. The van der Waals surface area contributed by atoms with Crippen molar-refractivity contribution < 1.29 is 19.5 Å². The summed E-state index contributed by atoms with van der Waals surface area (Å²) in [5, 5.41) is 24.7. The molecule has 7 aliphatic heterocycles. The summed E-state index contributed by atoms with van der Waals surface area (Å²) in [7, 11) is 10.1. The summed E-state index contributed by atoms with van der Waals surface area (Å²) < 4.78 is 0. The van der Waals surface area contributed by atoms with Crippen LogP contribution in [0.3, 0.4) is 0 Å². The number of hydrogen-bond donors (Lipinski definition) is 4. The van der Waals surface area contributed by atoms with Gasteiger partial charge >= 0.3 is 0 Å². The Kier molecular flexibility index (Phi) is 21.6. The third-order valence-electron chi connectivity index (χ3n) is 20.7. The molecule has 106 heavy (non-hydrogen) atoms. The van der Waals surface area contributed by atoms with E-state index in [0.29, 0.717) is 95.1 Å². The summed E-state index contributed by atoms with van der Waals surface area (Å²) in [6.07, 6.45) is 9.00. The van der Waals surface area contributed by atoms with E-state index in [4.69, 9.17) is 15.0 Å². The molecule has 4 fully saturated rings. The number of amides is 3. The Morgan fingerprint density at radius 3 is 1.16 bits per heavy atom. The molecule has 0 radical (unpaired) electrons. The van der Waals surface area contributed by atoms with Crippen LogP contribution in [0.5, 0.6) is 0 Å². The first-order valence-electron chi connectivity index (χ1n) is 36.6. The van der Waals surface area contributed by atoms with Crippen LogP contribution in [0.1, 0.15) is 98.5 Å². The van der Waals surface area contributed by atoms with Crippen LogP contribution in [-0.4, -0.2) is 228 Å². The lowest BCUT2D eigenvalue weighted by Gasteiger charge is -2.42. The highest BCUT2D eigenvalue weighted by Crippen LogP contribution is 2.45. The fourth-order valence-corrected chi connectivity index (χ4v) is 17.2. The van der Waals surface area contributed by atoms with Crippen molar-refractivity contribution >= 4 is 153 Å². The summed E-state index contributed by atoms with van der Waals surface area (Å²) in [6.45, 7) is 28.1. The van der Waals surface area contributed by atoms with E-state index in [1.54, 1.807) is 33.3 Å². The third-order valence-corrected chi connectivity index (χ3v) is 23.9. The Morgan fingerprint density at radius 1 is 0.425 bits per heavy atom. The third kappa shape index (κ3) is 15.2. The van der Waals surface area contributed by atoms with Crippen molar-refractivity contribution in [2.24, 2.45) is 0 Å². The van der Waals surface area contributed by atoms with Crippen LogP contribution >= 0.6 is 34.0 Å². The minimum atomic E-state index is -0.186. The zero-order valence-corrected chi connectivity index (χ0v) is 64.9. The molecule has 13 heterocycles. The molecule has 0 aliphatic carbocycles. The summed E-state index contributed by atoms with van der Waals surface area (Å²) in [6, 6.07) is 23.8. The first-order valence-corrected chi connectivity index (χ1v) is 39.0. The number of carbonyl (C=O) groups excluding carboxylic acids is 3. The Labute approximate surface area is 631 Å². The Morgan fingerprint density at radius 2 is 0.774 bits per heavy atom. The Bertz CT molecular complexity index is 4470. The summed E-state index contributed by atoms with van der Waals surface area (Å²) in [5.74, 6) is 3.11. The van der Waals surface area contributed by atoms with Crippen LogP contribution in [0.2, 0.25) is 0 Å². The largest absolute Gasteiger partial charge is 0.393 e. The molecule has 4 saturated heterocycles. The van der Waals surface area contributed by atoms with Gasteiger partial charge in [0.05, 0.1) is 39.7 Å². The lowest BCUT2D eigenvalue weighted by atomic mass is 10.0. The molecule has 31 heteroatoms. The maximum atomic E-state index is 13.2. The lowest BCUT2D eigenvalue weighted by Crippen LogP contribution is -2.52. The number of piperazine rings is 2. The highest BCUT2D eigenvalue weighted by Gasteiger charge is 2.38. The van der Waals surface area contributed by atoms with Gasteiger partial charge in [0.25, 0.3) is 17.7 Å². The minimum absolute atomic E-state index is 0.115. The van der Waals surface area contributed by atoms with Crippen LogP contribution in [0, 0.1) is 27.7 Å². The standard InChI is InChI=1S/C29H39N9OS.C23H28N8OS.C23H27N7O2S/c1-6-38-24-18-30-29(33-26(24)35(5)28-25(27(38)39)31-20(3)40-28)32-23-8-7-22(17-19(23)2)36-11-9-21(10-12-36)37-15-13-34(4)14-16-37;1-5-31-18-14-24-23(27-20(18)29(4)22-19(21(31)32)25-15(2)33-22)26-16-6-8-17(9-7-16)30-12-10-28(3)11-13-30;1-4-30-18-13-24-23(27-20(18)28(3)22-19(21(30)32)25-14(2)33-22)26-15-5-7-16(8-6-15)29-11-9-17(31)10-12-29/h7-8,17-18,21H,6,9-16H2,1-5H3,(H,30,32,33);6-9,14H,5,10-13H2,1-4H3,(H,24,26,27);5-8,13,17,31H,4,9-12H2,1-3H3,(H,24,26,27). The molecule has 6 aromatic heterocycles. The molecule has 9 aromatic rings. The van der Waals surface area contributed by atoms with Crippen LogP contribution < -0.4 is 60.0 Å². The predicted molar refractivity (Wildman–Crippen MR) is 428 cm³/mol. The lowest BCUT2D eigenvalue weighted by molar-refractivity contribution is 0.0977. The topological polar surface area (TPSA) is 262 Å². The predicted octanol–water partition coefficient (Wildman–Crippen LogP) is 11.4. The van der Waals surface area contributed by atoms with Crippen molar-refractivity contribution in [1.29, 1.82) is 0 Å². The zero-order chi connectivity index (χ0) is 74.2. The number of nitrogens with one attached hydrogen (secondary N) is 3. The van der Waals surface area contributed by atoms with Crippen molar-refractivity contribution in [3.8, 4) is 0 Å². The van der Waals surface area contributed by atoms with Crippen molar-refractivity contribution in [2.75, 3.05) is 193 Å².